The lowest BCUT2D eigenvalue weighted by atomic mass is 9.89. The minimum absolute atomic E-state index is 0.149. The third kappa shape index (κ3) is 1.67. The van der Waals surface area contributed by atoms with Crippen molar-refractivity contribution in [1.29, 1.82) is 0 Å². The van der Waals surface area contributed by atoms with E-state index in [9.17, 15) is 4.79 Å². The highest BCUT2D eigenvalue weighted by molar-refractivity contribution is 5.73. The van der Waals surface area contributed by atoms with Gasteiger partial charge in [0.2, 0.25) is 5.91 Å². The molecule has 0 bridgehead atoms. The summed E-state index contributed by atoms with van der Waals surface area (Å²) in [7, 11) is 0. The maximum atomic E-state index is 11.0. The first-order valence-electron chi connectivity index (χ1n) is 5.99. The van der Waals surface area contributed by atoms with Crippen LogP contribution in [0.15, 0.2) is 0 Å². The lowest BCUT2D eigenvalue weighted by Gasteiger charge is -2.20. The summed E-state index contributed by atoms with van der Waals surface area (Å²) in [6.07, 6.45) is 6.61. The zero-order valence-electron chi connectivity index (χ0n) is 9.25. The zero-order valence-corrected chi connectivity index (χ0v) is 9.25. The van der Waals surface area contributed by atoms with Gasteiger partial charge in [-0.15, -0.1) is 0 Å². The van der Waals surface area contributed by atoms with Gasteiger partial charge in [0.05, 0.1) is 0 Å². The van der Waals surface area contributed by atoms with E-state index in [-0.39, 0.29) is 5.91 Å². The summed E-state index contributed by atoms with van der Waals surface area (Å²) in [5, 5.41) is 3.12. The highest BCUT2D eigenvalue weighted by atomic mass is 16.1. The van der Waals surface area contributed by atoms with Crippen LogP contribution < -0.4 is 5.32 Å². The zero-order chi connectivity index (χ0) is 10.1. The molecule has 0 aromatic rings. The van der Waals surface area contributed by atoms with Crippen LogP contribution in [-0.4, -0.2) is 11.9 Å². The summed E-state index contributed by atoms with van der Waals surface area (Å²) in [6, 6.07) is 0.494. The number of fused-ring (bicyclic) bond motifs is 1. The predicted octanol–water partition coefficient (Wildman–Crippen LogP) is 2.34. The SMILES string of the molecule is CCC1CCC2C(NC(C)=O)CCC12. The summed E-state index contributed by atoms with van der Waals surface area (Å²) >= 11 is 0. The van der Waals surface area contributed by atoms with Crippen molar-refractivity contribution in [3.8, 4) is 0 Å². The van der Waals surface area contributed by atoms with Gasteiger partial charge in [-0.1, -0.05) is 13.3 Å². The number of amides is 1. The second-order valence-corrected chi connectivity index (χ2v) is 4.96. The highest BCUT2D eigenvalue weighted by Crippen LogP contribution is 2.48. The number of carbonyl (C=O) groups is 1. The second-order valence-electron chi connectivity index (χ2n) is 4.96. The molecule has 0 spiro atoms. The average molecular weight is 195 g/mol. The quantitative estimate of drug-likeness (QED) is 0.720. The number of carbonyl (C=O) groups excluding carboxylic acids is 1. The molecule has 4 atom stereocenters. The van der Waals surface area contributed by atoms with Crippen LogP contribution in [0.25, 0.3) is 0 Å². The Labute approximate surface area is 86.5 Å². The molecule has 0 aliphatic heterocycles. The molecule has 2 rings (SSSR count). The van der Waals surface area contributed by atoms with Crippen LogP contribution in [0.5, 0.6) is 0 Å². The lowest BCUT2D eigenvalue weighted by Crippen LogP contribution is -2.36. The molecule has 0 aromatic heterocycles. The molecule has 2 aliphatic rings. The van der Waals surface area contributed by atoms with Crippen LogP contribution >= 0.6 is 0 Å². The first-order valence-corrected chi connectivity index (χ1v) is 5.99. The van der Waals surface area contributed by atoms with Crippen molar-refractivity contribution in [3.63, 3.8) is 0 Å². The van der Waals surface area contributed by atoms with Gasteiger partial charge in [-0.25, -0.2) is 0 Å². The second kappa shape index (κ2) is 3.92. The van der Waals surface area contributed by atoms with E-state index in [2.05, 4.69) is 12.2 Å². The van der Waals surface area contributed by atoms with Crippen molar-refractivity contribution in [2.75, 3.05) is 0 Å². The summed E-state index contributed by atoms with van der Waals surface area (Å²) in [6.45, 7) is 3.94. The normalized spacial score (nSPS) is 41.0. The monoisotopic (exact) mass is 195 g/mol. The third-order valence-corrected chi connectivity index (χ3v) is 4.27. The maximum absolute atomic E-state index is 11.0. The number of hydrogen-bond acceptors (Lipinski definition) is 1. The van der Waals surface area contributed by atoms with Crippen LogP contribution in [0.3, 0.4) is 0 Å². The summed E-state index contributed by atoms with van der Waals surface area (Å²) in [5.41, 5.74) is 0. The smallest absolute Gasteiger partial charge is 0.217 e. The molecule has 1 amide bonds. The topological polar surface area (TPSA) is 29.1 Å². The van der Waals surface area contributed by atoms with E-state index in [4.69, 9.17) is 0 Å². The van der Waals surface area contributed by atoms with Gasteiger partial charge in [-0.3, -0.25) is 4.79 Å². The summed E-state index contributed by atoms with van der Waals surface area (Å²) in [4.78, 5) is 11.0. The molecule has 0 heterocycles. The van der Waals surface area contributed by atoms with Crippen LogP contribution in [0.4, 0.5) is 0 Å². The van der Waals surface area contributed by atoms with Gasteiger partial charge in [0.15, 0.2) is 0 Å². The Balaban J connectivity index is 1.97. The largest absolute Gasteiger partial charge is 0.353 e. The Hall–Kier alpha value is -0.530. The number of hydrogen-bond donors (Lipinski definition) is 1. The fourth-order valence-corrected chi connectivity index (χ4v) is 3.67. The van der Waals surface area contributed by atoms with Gasteiger partial charge in [0.25, 0.3) is 0 Å². The van der Waals surface area contributed by atoms with E-state index in [1.54, 1.807) is 6.92 Å². The Kier molecular flexibility index (Phi) is 2.80. The molecule has 2 saturated carbocycles. The van der Waals surface area contributed by atoms with Crippen LogP contribution in [0.1, 0.15) is 46.0 Å². The molecule has 80 valence electrons. The molecule has 0 radical (unpaired) electrons. The molecule has 14 heavy (non-hydrogen) atoms. The molecular weight excluding hydrogens is 174 g/mol. The number of nitrogens with one attached hydrogen (secondary N) is 1. The van der Waals surface area contributed by atoms with Crippen LogP contribution in [-0.2, 0) is 4.79 Å². The molecular formula is C12H21NO. The van der Waals surface area contributed by atoms with Crippen molar-refractivity contribution in [2.45, 2.75) is 52.0 Å². The molecule has 0 aromatic carbocycles. The number of rotatable bonds is 2. The van der Waals surface area contributed by atoms with Crippen molar-refractivity contribution in [1.82, 2.24) is 5.32 Å². The van der Waals surface area contributed by atoms with Crippen LogP contribution in [0, 0.1) is 17.8 Å². The first-order chi connectivity index (χ1) is 6.72. The van der Waals surface area contributed by atoms with Gasteiger partial charge in [0, 0.05) is 13.0 Å². The minimum Gasteiger partial charge on any atom is -0.353 e. The molecule has 2 nitrogen and oxygen atoms in total. The summed E-state index contributed by atoms with van der Waals surface area (Å²) in [5.74, 6) is 2.80. The van der Waals surface area contributed by atoms with E-state index < -0.39 is 0 Å². The molecule has 2 heteroatoms. The van der Waals surface area contributed by atoms with Gasteiger partial charge in [0.1, 0.15) is 0 Å². The Morgan fingerprint density at radius 3 is 2.57 bits per heavy atom. The fraction of sp³-hybridized carbons (Fsp3) is 0.917. The van der Waals surface area contributed by atoms with Crippen molar-refractivity contribution in [3.05, 3.63) is 0 Å². The molecule has 0 saturated heterocycles. The third-order valence-electron chi connectivity index (χ3n) is 4.27. The summed E-state index contributed by atoms with van der Waals surface area (Å²) < 4.78 is 0. The van der Waals surface area contributed by atoms with Gasteiger partial charge in [-0.2, -0.15) is 0 Å². The molecule has 2 aliphatic carbocycles. The van der Waals surface area contributed by atoms with E-state index in [0.717, 1.165) is 17.8 Å². The van der Waals surface area contributed by atoms with Gasteiger partial charge in [-0.05, 0) is 43.4 Å². The lowest BCUT2D eigenvalue weighted by molar-refractivity contribution is -0.119. The minimum atomic E-state index is 0.149. The fourth-order valence-electron chi connectivity index (χ4n) is 3.67. The first kappa shape index (κ1) is 10.0. The Bertz CT molecular complexity index is 226. The van der Waals surface area contributed by atoms with Crippen molar-refractivity contribution >= 4 is 5.91 Å². The Morgan fingerprint density at radius 1 is 1.21 bits per heavy atom. The van der Waals surface area contributed by atoms with Gasteiger partial charge >= 0.3 is 0 Å². The standard InChI is InChI=1S/C12H21NO/c1-3-9-4-5-11-10(9)6-7-12(11)13-8(2)14/h9-12H,3-7H2,1-2H3,(H,13,14). The van der Waals surface area contributed by atoms with E-state index in [1.165, 1.54) is 32.1 Å². The van der Waals surface area contributed by atoms with Crippen LogP contribution in [0.2, 0.25) is 0 Å². The highest BCUT2D eigenvalue weighted by Gasteiger charge is 2.43. The van der Waals surface area contributed by atoms with E-state index in [0.29, 0.717) is 6.04 Å². The van der Waals surface area contributed by atoms with Gasteiger partial charge < -0.3 is 5.32 Å². The predicted molar refractivity (Wildman–Crippen MR) is 56.8 cm³/mol. The van der Waals surface area contributed by atoms with E-state index in [1.807, 2.05) is 0 Å². The molecule has 2 fully saturated rings. The molecule has 4 unspecified atom stereocenters. The van der Waals surface area contributed by atoms with E-state index >= 15 is 0 Å². The Morgan fingerprint density at radius 2 is 1.93 bits per heavy atom. The van der Waals surface area contributed by atoms with Crippen molar-refractivity contribution in [2.24, 2.45) is 17.8 Å². The maximum Gasteiger partial charge on any atom is 0.217 e. The van der Waals surface area contributed by atoms with Crippen molar-refractivity contribution < 1.29 is 4.79 Å². The average Bonchev–Trinajstić information content (AvgIpc) is 2.67. The molecule has 1 N–H and O–H groups in total.